The second-order valence-corrected chi connectivity index (χ2v) is 5.90. The molecule has 2 aliphatic heterocycles. The molecule has 0 spiro atoms. The highest BCUT2D eigenvalue weighted by atomic mass is 19.1. The molecule has 1 aromatic carbocycles. The Morgan fingerprint density at radius 3 is 2.79 bits per heavy atom. The maximum atomic E-state index is 13.5. The molecule has 1 amide bonds. The number of anilines is 2. The Bertz CT molecular complexity index is 818. The van der Waals surface area contributed by atoms with Gasteiger partial charge in [-0.3, -0.25) is 9.69 Å². The van der Waals surface area contributed by atoms with Gasteiger partial charge in [0.25, 0.3) is 5.91 Å². The maximum absolute atomic E-state index is 13.5. The first-order chi connectivity index (χ1) is 11.5. The minimum atomic E-state index is -1.81. The van der Waals surface area contributed by atoms with E-state index in [4.69, 9.17) is 9.47 Å². The van der Waals surface area contributed by atoms with Crippen molar-refractivity contribution in [2.75, 3.05) is 18.1 Å². The van der Waals surface area contributed by atoms with Crippen molar-refractivity contribution < 1.29 is 23.8 Å². The van der Waals surface area contributed by atoms with Crippen molar-refractivity contribution in [1.82, 2.24) is 4.98 Å². The molecular formula is C17H15FN2O4. The fourth-order valence-corrected chi connectivity index (χ4v) is 3.02. The van der Waals surface area contributed by atoms with Gasteiger partial charge >= 0.3 is 0 Å². The van der Waals surface area contributed by atoms with Gasteiger partial charge in [-0.25, -0.2) is 9.37 Å². The van der Waals surface area contributed by atoms with Crippen molar-refractivity contribution in [2.24, 2.45) is 0 Å². The monoisotopic (exact) mass is 330 g/mol. The Morgan fingerprint density at radius 1 is 1.29 bits per heavy atom. The van der Waals surface area contributed by atoms with E-state index in [-0.39, 0.29) is 5.56 Å². The first-order valence-corrected chi connectivity index (χ1v) is 7.54. The van der Waals surface area contributed by atoms with Gasteiger partial charge in [0.15, 0.2) is 11.9 Å². The number of carbonyl (C=O) groups is 1. The van der Waals surface area contributed by atoms with Crippen LogP contribution in [0.1, 0.15) is 24.3 Å². The van der Waals surface area contributed by atoms with E-state index >= 15 is 0 Å². The summed E-state index contributed by atoms with van der Waals surface area (Å²) in [5.74, 6) is -0.776. The molecule has 1 unspecified atom stereocenters. The van der Waals surface area contributed by atoms with Crippen LogP contribution in [0.15, 0.2) is 36.5 Å². The molecule has 2 aromatic rings. The number of pyridine rings is 1. The summed E-state index contributed by atoms with van der Waals surface area (Å²) < 4.78 is 24.5. The van der Waals surface area contributed by atoms with Crippen LogP contribution in [0.2, 0.25) is 0 Å². The molecule has 6 nitrogen and oxygen atoms in total. The van der Waals surface area contributed by atoms with E-state index in [0.29, 0.717) is 24.7 Å². The van der Waals surface area contributed by atoms with Crippen LogP contribution < -0.4 is 4.90 Å². The van der Waals surface area contributed by atoms with Crippen LogP contribution in [0.3, 0.4) is 0 Å². The average molecular weight is 330 g/mol. The van der Waals surface area contributed by atoms with Crippen LogP contribution in [0.5, 0.6) is 0 Å². The van der Waals surface area contributed by atoms with Gasteiger partial charge in [-0.15, -0.1) is 0 Å². The first-order valence-electron chi connectivity index (χ1n) is 7.54. The predicted molar refractivity (Wildman–Crippen MR) is 82.0 cm³/mol. The van der Waals surface area contributed by atoms with Crippen molar-refractivity contribution >= 4 is 17.4 Å². The quantitative estimate of drug-likeness (QED) is 0.913. The number of aliphatic hydroxyl groups is 1. The van der Waals surface area contributed by atoms with Crippen molar-refractivity contribution in [3.8, 4) is 0 Å². The highest BCUT2D eigenvalue weighted by molar-refractivity contribution is 6.11. The number of rotatable bonds is 2. The number of benzene rings is 1. The molecule has 2 aliphatic rings. The molecular weight excluding hydrogens is 315 g/mol. The third-order valence-electron chi connectivity index (χ3n) is 4.24. The lowest BCUT2D eigenvalue weighted by atomic mass is 9.98. The largest absolute Gasteiger partial charge is 0.375 e. The van der Waals surface area contributed by atoms with Gasteiger partial charge < -0.3 is 14.6 Å². The topological polar surface area (TPSA) is 71.9 Å². The number of fused-ring (bicyclic) bond motifs is 1. The zero-order chi connectivity index (χ0) is 16.9. The Labute approximate surface area is 137 Å². The molecule has 0 saturated carbocycles. The standard InChI is InChI=1S/C17H15FN2O4/c1-17(22)12-9-11(18)2-3-13(12)20(16(17)21)14-8-10(4-5-19-14)15-23-6-7-24-15/h2-5,8-9,15,22H,6-7H2,1H3. The summed E-state index contributed by atoms with van der Waals surface area (Å²) in [7, 11) is 0. The number of carbonyl (C=O) groups excluding carboxylic acids is 1. The number of ether oxygens (including phenoxy) is 2. The van der Waals surface area contributed by atoms with Gasteiger partial charge in [0.05, 0.1) is 18.9 Å². The SMILES string of the molecule is CC1(O)C(=O)N(c2cc(C3OCCO3)ccn2)c2ccc(F)cc21. The van der Waals surface area contributed by atoms with Crippen LogP contribution in [-0.4, -0.2) is 29.2 Å². The van der Waals surface area contributed by atoms with Gasteiger partial charge in [-0.05, 0) is 37.3 Å². The molecule has 1 fully saturated rings. The Kier molecular flexibility index (Phi) is 3.38. The Balaban J connectivity index is 1.80. The molecule has 124 valence electrons. The van der Waals surface area contributed by atoms with Gasteiger partial charge in [0, 0.05) is 17.3 Å². The van der Waals surface area contributed by atoms with Gasteiger partial charge in [0.1, 0.15) is 11.6 Å². The number of halogens is 1. The highest BCUT2D eigenvalue weighted by Crippen LogP contribution is 2.44. The van der Waals surface area contributed by atoms with E-state index in [9.17, 15) is 14.3 Å². The molecule has 4 rings (SSSR count). The summed E-state index contributed by atoms with van der Waals surface area (Å²) in [5, 5.41) is 10.5. The predicted octanol–water partition coefficient (Wildman–Crippen LogP) is 2.15. The molecule has 7 heteroatoms. The molecule has 1 atom stereocenters. The summed E-state index contributed by atoms with van der Waals surface area (Å²) in [6.45, 7) is 2.35. The van der Waals surface area contributed by atoms with Crippen LogP contribution in [0, 0.1) is 5.82 Å². The normalized spacial score (nSPS) is 23.8. The van der Waals surface area contributed by atoms with Crippen LogP contribution >= 0.6 is 0 Å². The summed E-state index contributed by atoms with van der Waals surface area (Å²) >= 11 is 0. The smallest absolute Gasteiger partial charge is 0.269 e. The Hall–Kier alpha value is -2.35. The summed E-state index contributed by atoms with van der Waals surface area (Å²) in [6.07, 6.45) is 1.04. The van der Waals surface area contributed by atoms with Gasteiger partial charge in [-0.2, -0.15) is 0 Å². The Morgan fingerprint density at radius 2 is 2.04 bits per heavy atom. The summed E-state index contributed by atoms with van der Waals surface area (Å²) in [6, 6.07) is 7.28. The number of hydrogen-bond acceptors (Lipinski definition) is 5. The average Bonchev–Trinajstić information content (AvgIpc) is 3.16. The fourth-order valence-electron chi connectivity index (χ4n) is 3.02. The molecule has 0 bridgehead atoms. The third-order valence-corrected chi connectivity index (χ3v) is 4.24. The first kappa shape index (κ1) is 15.2. The number of amides is 1. The van der Waals surface area contributed by atoms with Gasteiger partial charge in [0.2, 0.25) is 0 Å². The molecule has 3 heterocycles. The number of nitrogens with zero attached hydrogens (tertiary/aromatic N) is 2. The lowest BCUT2D eigenvalue weighted by Gasteiger charge is -2.20. The molecule has 1 aromatic heterocycles. The van der Waals surface area contributed by atoms with Crippen molar-refractivity contribution in [1.29, 1.82) is 0 Å². The van der Waals surface area contributed by atoms with E-state index in [1.54, 1.807) is 18.3 Å². The van der Waals surface area contributed by atoms with Crippen LogP contribution in [-0.2, 0) is 19.9 Å². The van der Waals surface area contributed by atoms with Crippen LogP contribution in [0.25, 0.3) is 0 Å². The number of hydrogen-bond donors (Lipinski definition) is 1. The molecule has 0 radical (unpaired) electrons. The van der Waals surface area contributed by atoms with Crippen molar-refractivity contribution in [3.05, 3.63) is 53.5 Å². The second kappa shape index (κ2) is 5.34. The summed E-state index contributed by atoms with van der Waals surface area (Å²) in [5.41, 5.74) is -0.465. The molecule has 0 aliphatic carbocycles. The highest BCUT2D eigenvalue weighted by Gasteiger charge is 2.47. The molecule has 1 saturated heterocycles. The lowest BCUT2D eigenvalue weighted by Crippen LogP contribution is -2.35. The summed E-state index contributed by atoms with van der Waals surface area (Å²) in [4.78, 5) is 18.2. The minimum Gasteiger partial charge on any atom is -0.375 e. The molecule has 24 heavy (non-hydrogen) atoms. The zero-order valence-corrected chi connectivity index (χ0v) is 12.9. The number of aromatic nitrogens is 1. The second-order valence-electron chi connectivity index (χ2n) is 5.90. The van der Waals surface area contributed by atoms with Crippen LogP contribution in [0.4, 0.5) is 15.9 Å². The van der Waals surface area contributed by atoms with E-state index in [1.807, 2.05) is 0 Å². The lowest BCUT2D eigenvalue weighted by molar-refractivity contribution is -0.133. The maximum Gasteiger partial charge on any atom is 0.269 e. The minimum absolute atomic E-state index is 0.216. The van der Waals surface area contributed by atoms with E-state index in [1.165, 1.54) is 30.0 Å². The zero-order valence-electron chi connectivity index (χ0n) is 12.9. The van der Waals surface area contributed by atoms with E-state index in [0.717, 1.165) is 5.56 Å². The van der Waals surface area contributed by atoms with E-state index in [2.05, 4.69) is 4.98 Å². The fraction of sp³-hybridized carbons (Fsp3) is 0.294. The van der Waals surface area contributed by atoms with E-state index < -0.39 is 23.6 Å². The van der Waals surface area contributed by atoms with Crippen molar-refractivity contribution in [2.45, 2.75) is 18.8 Å². The van der Waals surface area contributed by atoms with Gasteiger partial charge in [-0.1, -0.05) is 0 Å². The molecule has 1 N–H and O–H groups in total. The third kappa shape index (κ3) is 2.21. The van der Waals surface area contributed by atoms with Crippen molar-refractivity contribution in [3.63, 3.8) is 0 Å².